The maximum atomic E-state index is 12.0. The summed E-state index contributed by atoms with van der Waals surface area (Å²) in [6.07, 6.45) is 1.67. The van der Waals surface area contributed by atoms with E-state index in [1.807, 2.05) is 12.1 Å². The maximum Gasteiger partial charge on any atom is 0.235 e. The van der Waals surface area contributed by atoms with Crippen molar-refractivity contribution in [1.29, 1.82) is 0 Å². The summed E-state index contributed by atoms with van der Waals surface area (Å²) in [6, 6.07) is 11.9. The predicted octanol–water partition coefficient (Wildman–Crippen LogP) is 4.42. The van der Waals surface area contributed by atoms with Gasteiger partial charge in [0.2, 0.25) is 5.91 Å². The molecule has 0 spiro atoms. The Morgan fingerprint density at radius 3 is 2.64 bits per heavy atom. The Morgan fingerprint density at radius 1 is 1.23 bits per heavy atom. The molecule has 1 aromatic heterocycles. The fourth-order valence-electron chi connectivity index (χ4n) is 1.98. The second kappa shape index (κ2) is 6.97. The van der Waals surface area contributed by atoms with Crippen LogP contribution in [0.15, 0.2) is 47.5 Å². The van der Waals surface area contributed by atoms with E-state index in [-0.39, 0.29) is 11.3 Å². The molecule has 0 fully saturated rings. The maximum absolute atomic E-state index is 12.0. The third-order valence-electron chi connectivity index (χ3n) is 3.35. The summed E-state index contributed by atoms with van der Waals surface area (Å²) in [5.74, 6) is 0.933. The van der Waals surface area contributed by atoms with E-state index in [2.05, 4.69) is 56.2 Å². The van der Waals surface area contributed by atoms with Gasteiger partial charge in [-0.15, -0.1) is 11.8 Å². The highest BCUT2D eigenvalue weighted by atomic mass is 32.2. The number of carbonyl (C=O) groups is 1. The fraction of sp³-hybridized carbons (Fsp3) is 0.333. The van der Waals surface area contributed by atoms with Crippen molar-refractivity contribution in [2.24, 2.45) is 0 Å². The molecule has 0 atom stereocenters. The zero-order chi connectivity index (χ0) is 16.2. The molecule has 4 heteroatoms. The lowest BCUT2D eigenvalue weighted by Crippen LogP contribution is -2.15. The van der Waals surface area contributed by atoms with Gasteiger partial charge in [-0.25, -0.2) is 4.98 Å². The second-order valence-electron chi connectivity index (χ2n) is 6.28. The van der Waals surface area contributed by atoms with Crippen molar-refractivity contribution in [2.45, 2.75) is 38.0 Å². The van der Waals surface area contributed by atoms with Crippen LogP contribution in [0.2, 0.25) is 0 Å². The molecule has 22 heavy (non-hydrogen) atoms. The second-order valence-corrected chi connectivity index (χ2v) is 7.30. The molecule has 0 aliphatic rings. The molecule has 2 rings (SSSR count). The Hall–Kier alpha value is -1.81. The van der Waals surface area contributed by atoms with Gasteiger partial charge in [0.15, 0.2) is 0 Å². The summed E-state index contributed by atoms with van der Waals surface area (Å²) >= 11 is 1.56. The molecule has 0 aliphatic heterocycles. The van der Waals surface area contributed by atoms with Gasteiger partial charge in [0.05, 0.1) is 5.75 Å². The van der Waals surface area contributed by atoms with Gasteiger partial charge in [-0.3, -0.25) is 4.79 Å². The van der Waals surface area contributed by atoms with Crippen LogP contribution in [0.25, 0.3) is 0 Å². The van der Waals surface area contributed by atoms with E-state index < -0.39 is 0 Å². The van der Waals surface area contributed by atoms with E-state index in [1.54, 1.807) is 24.0 Å². The highest BCUT2D eigenvalue weighted by Crippen LogP contribution is 2.29. The molecule has 3 nitrogen and oxygen atoms in total. The van der Waals surface area contributed by atoms with Crippen LogP contribution in [0.4, 0.5) is 5.82 Å². The van der Waals surface area contributed by atoms with Crippen LogP contribution in [0.3, 0.4) is 0 Å². The van der Waals surface area contributed by atoms with Gasteiger partial charge in [0, 0.05) is 11.1 Å². The molecule has 0 saturated heterocycles. The number of amides is 1. The summed E-state index contributed by atoms with van der Waals surface area (Å²) in [7, 11) is 0. The first-order chi connectivity index (χ1) is 10.4. The van der Waals surface area contributed by atoms with E-state index in [9.17, 15) is 4.79 Å². The summed E-state index contributed by atoms with van der Waals surface area (Å²) in [4.78, 5) is 17.3. The fourth-order valence-corrected chi connectivity index (χ4v) is 2.85. The molecule has 0 unspecified atom stereocenters. The van der Waals surface area contributed by atoms with Gasteiger partial charge < -0.3 is 5.32 Å². The normalized spacial score (nSPS) is 11.3. The Balaban J connectivity index is 2.00. The first-order valence-electron chi connectivity index (χ1n) is 7.31. The Bertz CT molecular complexity index is 648. The van der Waals surface area contributed by atoms with Crippen molar-refractivity contribution < 1.29 is 4.79 Å². The standard InChI is InChI=1S/C18H22N2OS/c1-13-8-9-14(18(2,3)4)11-15(13)22-12-17(21)20-16-7-5-6-10-19-16/h5-11H,12H2,1-4H3,(H,19,20,21). The first-order valence-corrected chi connectivity index (χ1v) is 8.29. The van der Waals surface area contributed by atoms with E-state index in [0.717, 1.165) is 4.90 Å². The van der Waals surface area contributed by atoms with Crippen molar-refractivity contribution in [3.05, 3.63) is 53.7 Å². The van der Waals surface area contributed by atoms with Crippen molar-refractivity contribution >= 4 is 23.5 Å². The molecule has 1 aromatic carbocycles. The van der Waals surface area contributed by atoms with Gasteiger partial charge in [0.25, 0.3) is 0 Å². The third kappa shape index (κ3) is 4.60. The lowest BCUT2D eigenvalue weighted by Gasteiger charge is -2.20. The number of benzene rings is 1. The number of nitrogens with zero attached hydrogens (tertiary/aromatic N) is 1. The number of aromatic nitrogens is 1. The third-order valence-corrected chi connectivity index (χ3v) is 4.50. The van der Waals surface area contributed by atoms with Crippen LogP contribution in [0, 0.1) is 6.92 Å². The van der Waals surface area contributed by atoms with Gasteiger partial charge in [-0.1, -0.05) is 39.0 Å². The summed E-state index contributed by atoms with van der Waals surface area (Å²) < 4.78 is 0. The molecular weight excluding hydrogens is 292 g/mol. The van der Waals surface area contributed by atoms with Crippen LogP contribution < -0.4 is 5.32 Å². The Kier molecular flexibility index (Phi) is 5.24. The number of anilines is 1. The summed E-state index contributed by atoms with van der Waals surface area (Å²) in [5.41, 5.74) is 2.59. The minimum atomic E-state index is -0.0377. The van der Waals surface area contributed by atoms with Gasteiger partial charge in [0.1, 0.15) is 5.82 Å². The molecule has 2 aromatic rings. The van der Waals surface area contributed by atoms with Crippen molar-refractivity contribution in [3.8, 4) is 0 Å². The SMILES string of the molecule is Cc1ccc(C(C)(C)C)cc1SCC(=O)Nc1ccccn1. The molecular formula is C18H22N2OS. The van der Waals surface area contributed by atoms with Crippen LogP contribution in [0.1, 0.15) is 31.9 Å². The van der Waals surface area contributed by atoms with E-state index in [1.165, 1.54) is 11.1 Å². The Labute approximate surface area is 136 Å². The molecule has 116 valence electrons. The zero-order valence-electron chi connectivity index (χ0n) is 13.5. The van der Waals surface area contributed by atoms with Crippen LogP contribution in [0.5, 0.6) is 0 Å². The van der Waals surface area contributed by atoms with E-state index >= 15 is 0 Å². The zero-order valence-corrected chi connectivity index (χ0v) is 14.3. The number of carbonyl (C=O) groups excluding carboxylic acids is 1. The lowest BCUT2D eigenvalue weighted by molar-refractivity contribution is -0.113. The topological polar surface area (TPSA) is 42.0 Å². The molecule has 1 heterocycles. The average molecular weight is 314 g/mol. The number of rotatable bonds is 4. The molecule has 0 bridgehead atoms. The van der Waals surface area contributed by atoms with Crippen LogP contribution in [-0.2, 0) is 10.2 Å². The number of pyridine rings is 1. The van der Waals surface area contributed by atoms with Gasteiger partial charge in [-0.05, 0) is 41.7 Å². The minimum absolute atomic E-state index is 0.0377. The van der Waals surface area contributed by atoms with Crippen molar-refractivity contribution in [3.63, 3.8) is 0 Å². The summed E-state index contributed by atoms with van der Waals surface area (Å²) in [6.45, 7) is 8.66. The largest absolute Gasteiger partial charge is 0.310 e. The molecule has 0 saturated carbocycles. The average Bonchev–Trinajstić information content (AvgIpc) is 2.46. The number of aryl methyl sites for hydroxylation is 1. The van der Waals surface area contributed by atoms with Gasteiger partial charge in [-0.2, -0.15) is 0 Å². The van der Waals surface area contributed by atoms with E-state index in [0.29, 0.717) is 11.6 Å². The van der Waals surface area contributed by atoms with Crippen LogP contribution >= 0.6 is 11.8 Å². The van der Waals surface area contributed by atoms with Crippen molar-refractivity contribution in [2.75, 3.05) is 11.1 Å². The smallest absolute Gasteiger partial charge is 0.235 e. The number of hydrogen-bond donors (Lipinski definition) is 1. The van der Waals surface area contributed by atoms with Crippen molar-refractivity contribution in [1.82, 2.24) is 4.98 Å². The highest BCUT2D eigenvalue weighted by molar-refractivity contribution is 8.00. The number of nitrogens with one attached hydrogen (secondary N) is 1. The first kappa shape index (κ1) is 16.6. The monoisotopic (exact) mass is 314 g/mol. The number of hydrogen-bond acceptors (Lipinski definition) is 3. The minimum Gasteiger partial charge on any atom is -0.310 e. The lowest BCUT2D eigenvalue weighted by atomic mass is 9.87. The number of thioether (sulfide) groups is 1. The Morgan fingerprint density at radius 2 is 2.00 bits per heavy atom. The predicted molar refractivity (Wildman–Crippen MR) is 93.5 cm³/mol. The van der Waals surface area contributed by atoms with Gasteiger partial charge >= 0.3 is 0 Å². The molecule has 0 radical (unpaired) electrons. The highest BCUT2D eigenvalue weighted by Gasteiger charge is 2.15. The molecule has 1 amide bonds. The van der Waals surface area contributed by atoms with Crippen LogP contribution in [-0.4, -0.2) is 16.6 Å². The quantitative estimate of drug-likeness (QED) is 0.850. The summed E-state index contributed by atoms with van der Waals surface area (Å²) in [5, 5.41) is 2.81. The molecule has 0 aliphatic carbocycles. The van der Waals surface area contributed by atoms with E-state index in [4.69, 9.17) is 0 Å². The molecule has 1 N–H and O–H groups in total.